The fourth-order valence-electron chi connectivity index (χ4n) is 3.58. The van der Waals surface area contributed by atoms with Gasteiger partial charge in [0, 0.05) is 18.8 Å². The van der Waals surface area contributed by atoms with Crippen LogP contribution in [0.1, 0.15) is 50.8 Å². The van der Waals surface area contributed by atoms with Crippen LogP contribution in [-0.2, 0) is 19.5 Å². The number of piperidine rings is 1. The van der Waals surface area contributed by atoms with E-state index in [1.807, 2.05) is 0 Å². The number of esters is 2. The Morgan fingerprint density at radius 3 is 2.06 bits per heavy atom. The minimum Gasteiger partial charge on any atom is -0.465 e. The Balaban J connectivity index is 1.92. The second-order valence-corrected chi connectivity index (χ2v) is 10.3. The van der Waals surface area contributed by atoms with Crippen LogP contribution >= 0.6 is 11.6 Å². The van der Waals surface area contributed by atoms with Gasteiger partial charge in [0.05, 0.1) is 40.8 Å². The van der Waals surface area contributed by atoms with E-state index in [0.29, 0.717) is 19.0 Å². The summed E-state index contributed by atoms with van der Waals surface area (Å²) in [7, 11) is -1.44. The van der Waals surface area contributed by atoms with E-state index >= 15 is 0 Å². The molecule has 34 heavy (non-hydrogen) atoms. The first-order valence-electron chi connectivity index (χ1n) is 10.5. The molecule has 9 nitrogen and oxygen atoms in total. The highest BCUT2D eigenvalue weighted by atomic mass is 35.5. The number of sulfonamides is 1. The molecule has 11 heteroatoms. The van der Waals surface area contributed by atoms with Crippen molar-refractivity contribution in [1.29, 1.82) is 0 Å². The van der Waals surface area contributed by atoms with E-state index < -0.39 is 27.9 Å². The lowest BCUT2D eigenvalue weighted by Crippen LogP contribution is -2.37. The van der Waals surface area contributed by atoms with E-state index in [0.717, 1.165) is 12.8 Å². The summed E-state index contributed by atoms with van der Waals surface area (Å²) in [6.45, 7) is 2.89. The van der Waals surface area contributed by atoms with Crippen LogP contribution in [0.25, 0.3) is 0 Å². The Morgan fingerprint density at radius 1 is 0.971 bits per heavy atom. The molecule has 0 atom stereocenters. The van der Waals surface area contributed by atoms with Gasteiger partial charge in [-0.2, -0.15) is 4.31 Å². The van der Waals surface area contributed by atoms with Crippen molar-refractivity contribution in [1.82, 2.24) is 4.31 Å². The lowest BCUT2D eigenvalue weighted by Gasteiger charge is -2.29. The summed E-state index contributed by atoms with van der Waals surface area (Å²) in [5, 5.41) is 2.60. The van der Waals surface area contributed by atoms with Crippen molar-refractivity contribution in [3.8, 4) is 0 Å². The predicted octanol–water partition coefficient (Wildman–Crippen LogP) is 3.59. The maximum atomic E-state index is 13.1. The fourth-order valence-corrected chi connectivity index (χ4v) is 5.28. The van der Waals surface area contributed by atoms with Crippen molar-refractivity contribution in [2.75, 3.05) is 32.6 Å². The predicted molar refractivity (Wildman–Crippen MR) is 126 cm³/mol. The Kier molecular flexibility index (Phi) is 7.96. The first kappa shape index (κ1) is 25.7. The molecule has 1 amide bonds. The van der Waals surface area contributed by atoms with E-state index in [4.69, 9.17) is 11.6 Å². The van der Waals surface area contributed by atoms with Gasteiger partial charge < -0.3 is 14.8 Å². The van der Waals surface area contributed by atoms with Gasteiger partial charge in [-0.15, -0.1) is 0 Å². The van der Waals surface area contributed by atoms with Gasteiger partial charge >= 0.3 is 11.9 Å². The fraction of sp³-hybridized carbons (Fsp3) is 0.348. The number of nitrogens with zero attached hydrogens (tertiary/aromatic N) is 1. The number of carbonyl (C=O) groups excluding carboxylic acids is 3. The number of hydrogen-bond acceptors (Lipinski definition) is 7. The molecule has 0 aliphatic carbocycles. The number of anilines is 1. The summed E-state index contributed by atoms with van der Waals surface area (Å²) in [6.07, 6.45) is 1.53. The minimum absolute atomic E-state index is 0.0162. The summed E-state index contributed by atoms with van der Waals surface area (Å²) in [5.74, 6) is -1.70. The standard InChI is InChI=1S/C23H25ClN2O7S/c1-14-6-8-26(9-7-14)34(30,31)18-4-5-20(24)19(13-18)21(27)25-17-11-15(22(28)32-2)10-16(12-17)23(29)33-3/h4-5,10-14H,6-9H2,1-3H3,(H,25,27). The molecule has 0 spiro atoms. The Labute approximate surface area is 203 Å². The highest BCUT2D eigenvalue weighted by molar-refractivity contribution is 7.89. The average molecular weight is 509 g/mol. The number of amides is 1. The highest BCUT2D eigenvalue weighted by Gasteiger charge is 2.29. The zero-order valence-electron chi connectivity index (χ0n) is 19.0. The Bertz CT molecular complexity index is 1190. The molecule has 0 saturated carbocycles. The number of ether oxygens (including phenoxy) is 2. The molecule has 1 heterocycles. The maximum absolute atomic E-state index is 13.1. The molecule has 182 valence electrons. The SMILES string of the molecule is COC(=O)c1cc(NC(=O)c2cc(S(=O)(=O)N3CCC(C)CC3)ccc2Cl)cc(C(=O)OC)c1. The normalized spacial score (nSPS) is 14.9. The average Bonchev–Trinajstić information content (AvgIpc) is 2.83. The largest absolute Gasteiger partial charge is 0.465 e. The van der Waals surface area contributed by atoms with Crippen LogP contribution in [0.15, 0.2) is 41.3 Å². The zero-order chi connectivity index (χ0) is 25.0. The van der Waals surface area contributed by atoms with Crippen molar-refractivity contribution in [3.63, 3.8) is 0 Å². The molecule has 1 aliphatic rings. The van der Waals surface area contributed by atoms with Crippen LogP contribution in [0, 0.1) is 5.92 Å². The molecular weight excluding hydrogens is 484 g/mol. The number of carbonyl (C=O) groups is 3. The second kappa shape index (κ2) is 10.5. The Hall–Kier alpha value is -2.95. The molecule has 0 unspecified atom stereocenters. The molecule has 1 fully saturated rings. The Morgan fingerprint density at radius 2 is 1.53 bits per heavy atom. The maximum Gasteiger partial charge on any atom is 0.337 e. The van der Waals surface area contributed by atoms with E-state index in [1.54, 1.807) is 0 Å². The number of methoxy groups -OCH3 is 2. The number of nitrogens with one attached hydrogen (secondary N) is 1. The van der Waals surface area contributed by atoms with Crippen molar-refractivity contribution >= 4 is 45.2 Å². The van der Waals surface area contributed by atoms with Crippen LogP contribution in [0.3, 0.4) is 0 Å². The number of halogens is 1. The molecule has 0 bridgehead atoms. The first-order valence-corrected chi connectivity index (χ1v) is 12.3. The molecular formula is C23H25ClN2O7S. The summed E-state index contributed by atoms with van der Waals surface area (Å²) < 4.78 is 37.0. The van der Waals surface area contributed by atoms with Gasteiger partial charge in [0.15, 0.2) is 0 Å². The molecule has 2 aromatic rings. The van der Waals surface area contributed by atoms with Gasteiger partial charge in [-0.1, -0.05) is 18.5 Å². The molecule has 0 aromatic heterocycles. The topological polar surface area (TPSA) is 119 Å². The van der Waals surface area contributed by atoms with Gasteiger partial charge in [-0.05, 0) is 55.2 Å². The molecule has 0 radical (unpaired) electrons. The van der Waals surface area contributed by atoms with E-state index in [9.17, 15) is 22.8 Å². The van der Waals surface area contributed by atoms with Crippen molar-refractivity contribution in [2.45, 2.75) is 24.7 Å². The smallest absolute Gasteiger partial charge is 0.337 e. The summed E-state index contributed by atoms with van der Waals surface area (Å²) in [5.41, 5.74) is 0.0590. The van der Waals surface area contributed by atoms with Crippen molar-refractivity contribution in [2.24, 2.45) is 5.92 Å². The second-order valence-electron chi connectivity index (χ2n) is 7.96. The third-order valence-corrected chi connectivity index (χ3v) is 7.82. The molecule has 1 N–H and O–H groups in total. The highest BCUT2D eigenvalue weighted by Crippen LogP contribution is 2.27. The summed E-state index contributed by atoms with van der Waals surface area (Å²) in [4.78, 5) is 36.9. The first-order chi connectivity index (χ1) is 16.1. The quantitative estimate of drug-likeness (QED) is 0.592. The van der Waals surface area contributed by atoms with Gasteiger partial charge in [-0.3, -0.25) is 4.79 Å². The van der Waals surface area contributed by atoms with Crippen molar-refractivity contribution < 1.29 is 32.3 Å². The van der Waals surface area contributed by atoms with Crippen LogP contribution in [0.4, 0.5) is 5.69 Å². The zero-order valence-corrected chi connectivity index (χ0v) is 20.5. The molecule has 2 aromatic carbocycles. The number of benzene rings is 2. The van der Waals surface area contributed by atoms with E-state index in [2.05, 4.69) is 21.7 Å². The van der Waals surface area contributed by atoms with Gasteiger partial charge in [0.2, 0.25) is 10.0 Å². The van der Waals surface area contributed by atoms with Crippen LogP contribution in [0.2, 0.25) is 5.02 Å². The monoisotopic (exact) mass is 508 g/mol. The molecule has 3 rings (SSSR count). The third-order valence-electron chi connectivity index (χ3n) is 5.60. The van der Waals surface area contributed by atoms with Crippen LogP contribution < -0.4 is 5.32 Å². The van der Waals surface area contributed by atoms with Gasteiger partial charge in [0.25, 0.3) is 5.91 Å². The number of rotatable bonds is 6. The van der Waals surface area contributed by atoms with Gasteiger partial charge in [-0.25, -0.2) is 18.0 Å². The van der Waals surface area contributed by atoms with Gasteiger partial charge in [0.1, 0.15) is 0 Å². The third kappa shape index (κ3) is 5.57. The van der Waals surface area contributed by atoms with E-state index in [-0.39, 0.29) is 32.3 Å². The number of hydrogen-bond donors (Lipinski definition) is 1. The van der Waals surface area contributed by atoms with Crippen LogP contribution in [-0.4, -0.2) is 57.9 Å². The minimum atomic E-state index is -3.80. The molecule has 1 saturated heterocycles. The van der Waals surface area contributed by atoms with Crippen LogP contribution in [0.5, 0.6) is 0 Å². The summed E-state index contributed by atoms with van der Waals surface area (Å²) in [6, 6.07) is 7.84. The van der Waals surface area contributed by atoms with E-state index in [1.165, 1.54) is 54.9 Å². The lowest BCUT2D eigenvalue weighted by atomic mass is 10.0. The summed E-state index contributed by atoms with van der Waals surface area (Å²) >= 11 is 6.20. The molecule has 1 aliphatic heterocycles. The van der Waals surface area contributed by atoms with Crippen molar-refractivity contribution in [3.05, 3.63) is 58.1 Å². The lowest BCUT2D eigenvalue weighted by molar-refractivity contribution is 0.0598.